The third-order valence-electron chi connectivity index (χ3n) is 4.81. The molecule has 2 rings (SSSR count). The SMILES string of the molecule is CCOC(=O)[C@H]1C(=O)C[C@@](C)(O)[C@@H](C(=O)OCC)[C@@H]1c1ccc(C)cc1. The summed E-state index contributed by atoms with van der Waals surface area (Å²) in [5.41, 5.74) is 0.0186. The van der Waals surface area contributed by atoms with Crippen LogP contribution in [0.3, 0.4) is 0 Å². The lowest BCUT2D eigenvalue weighted by atomic mass is 9.61. The van der Waals surface area contributed by atoms with Crippen molar-refractivity contribution in [2.45, 2.75) is 45.6 Å². The number of carbonyl (C=O) groups excluding carboxylic acids is 3. The maximum Gasteiger partial charge on any atom is 0.317 e. The summed E-state index contributed by atoms with van der Waals surface area (Å²) in [7, 11) is 0. The Morgan fingerprint density at radius 2 is 1.65 bits per heavy atom. The van der Waals surface area contributed by atoms with E-state index in [1.807, 2.05) is 19.1 Å². The number of esters is 2. The van der Waals surface area contributed by atoms with Crippen LogP contribution in [0.25, 0.3) is 0 Å². The lowest BCUT2D eigenvalue weighted by Crippen LogP contribution is -2.55. The number of Topliss-reactive ketones (excluding diaryl/α,β-unsaturated/α-hetero) is 1. The van der Waals surface area contributed by atoms with Crippen LogP contribution in [-0.2, 0) is 23.9 Å². The van der Waals surface area contributed by atoms with Crippen LogP contribution >= 0.6 is 0 Å². The Labute approximate surface area is 153 Å². The van der Waals surface area contributed by atoms with Gasteiger partial charge in [-0.05, 0) is 33.3 Å². The Morgan fingerprint density at radius 1 is 1.12 bits per heavy atom. The number of ketones is 1. The summed E-state index contributed by atoms with van der Waals surface area (Å²) in [6, 6.07) is 7.22. The molecular formula is C20H26O6. The van der Waals surface area contributed by atoms with Gasteiger partial charge in [0.15, 0.2) is 5.78 Å². The predicted octanol–water partition coefficient (Wildman–Crippen LogP) is 2.16. The summed E-state index contributed by atoms with van der Waals surface area (Å²) in [4.78, 5) is 37.9. The summed E-state index contributed by atoms with van der Waals surface area (Å²) in [5.74, 6) is -4.76. The van der Waals surface area contributed by atoms with E-state index in [4.69, 9.17) is 9.47 Å². The highest BCUT2D eigenvalue weighted by atomic mass is 16.5. The van der Waals surface area contributed by atoms with E-state index in [9.17, 15) is 19.5 Å². The first-order valence-electron chi connectivity index (χ1n) is 8.87. The summed E-state index contributed by atoms with van der Waals surface area (Å²) in [6.45, 7) is 6.95. The van der Waals surface area contributed by atoms with Crippen molar-refractivity contribution in [3.8, 4) is 0 Å². The summed E-state index contributed by atoms with van der Waals surface area (Å²) >= 11 is 0. The molecule has 0 amide bonds. The lowest BCUT2D eigenvalue weighted by Gasteiger charge is -2.43. The summed E-state index contributed by atoms with van der Waals surface area (Å²) < 4.78 is 10.2. The van der Waals surface area contributed by atoms with Gasteiger partial charge in [0.2, 0.25) is 0 Å². The van der Waals surface area contributed by atoms with Crippen LogP contribution in [0.5, 0.6) is 0 Å². The van der Waals surface area contributed by atoms with Crippen molar-refractivity contribution in [1.29, 1.82) is 0 Å². The Morgan fingerprint density at radius 3 is 2.19 bits per heavy atom. The zero-order valence-electron chi connectivity index (χ0n) is 15.7. The smallest absolute Gasteiger partial charge is 0.317 e. The van der Waals surface area contributed by atoms with E-state index in [0.717, 1.165) is 5.56 Å². The maximum absolute atomic E-state index is 12.7. The first kappa shape index (κ1) is 20.1. The average Bonchev–Trinajstić information content (AvgIpc) is 2.54. The van der Waals surface area contributed by atoms with Crippen LogP contribution in [0.15, 0.2) is 24.3 Å². The van der Waals surface area contributed by atoms with Gasteiger partial charge in [0, 0.05) is 12.3 Å². The molecule has 1 fully saturated rings. The minimum Gasteiger partial charge on any atom is -0.466 e. The number of benzene rings is 1. The van der Waals surface area contributed by atoms with Crippen molar-refractivity contribution >= 4 is 17.7 Å². The molecule has 0 heterocycles. The standard InChI is InChI=1S/C20H26O6/c1-5-25-18(22)16-14(21)11-20(4,24)17(19(23)26-6-2)15(16)13-9-7-12(3)8-10-13/h7-10,15-17,24H,5-6,11H2,1-4H3/t15-,16+,17-,20-/m1/s1. The van der Waals surface area contributed by atoms with Crippen molar-refractivity contribution in [3.63, 3.8) is 0 Å². The highest BCUT2D eigenvalue weighted by molar-refractivity contribution is 6.02. The van der Waals surface area contributed by atoms with Gasteiger partial charge in [-0.3, -0.25) is 14.4 Å². The summed E-state index contributed by atoms with van der Waals surface area (Å²) in [6.07, 6.45) is -0.303. The second-order valence-corrected chi connectivity index (χ2v) is 6.90. The average molecular weight is 362 g/mol. The van der Waals surface area contributed by atoms with Gasteiger partial charge in [0.05, 0.1) is 24.7 Å². The molecule has 1 aliphatic carbocycles. The molecule has 1 saturated carbocycles. The van der Waals surface area contributed by atoms with Gasteiger partial charge < -0.3 is 14.6 Å². The van der Waals surface area contributed by atoms with E-state index in [2.05, 4.69) is 0 Å². The van der Waals surface area contributed by atoms with Crippen LogP contribution in [0.2, 0.25) is 0 Å². The van der Waals surface area contributed by atoms with Crippen LogP contribution in [-0.4, -0.2) is 41.6 Å². The van der Waals surface area contributed by atoms with Gasteiger partial charge >= 0.3 is 11.9 Å². The molecule has 0 spiro atoms. The molecular weight excluding hydrogens is 336 g/mol. The molecule has 0 bridgehead atoms. The third kappa shape index (κ3) is 3.96. The lowest BCUT2D eigenvalue weighted by molar-refractivity contribution is -0.172. The van der Waals surface area contributed by atoms with E-state index in [1.165, 1.54) is 6.92 Å². The van der Waals surface area contributed by atoms with E-state index < -0.39 is 41.1 Å². The van der Waals surface area contributed by atoms with Gasteiger partial charge in [0.25, 0.3) is 0 Å². The minimum atomic E-state index is -1.61. The fourth-order valence-corrected chi connectivity index (χ4v) is 3.67. The van der Waals surface area contributed by atoms with Crippen molar-refractivity contribution in [2.75, 3.05) is 13.2 Å². The molecule has 6 heteroatoms. The van der Waals surface area contributed by atoms with Crippen molar-refractivity contribution in [1.82, 2.24) is 0 Å². The Balaban J connectivity index is 2.59. The molecule has 1 aliphatic rings. The zero-order valence-corrected chi connectivity index (χ0v) is 15.7. The fourth-order valence-electron chi connectivity index (χ4n) is 3.67. The number of hydrogen-bond acceptors (Lipinski definition) is 6. The van der Waals surface area contributed by atoms with Crippen LogP contribution in [0.1, 0.15) is 44.2 Å². The normalized spacial score (nSPS) is 28.5. The predicted molar refractivity (Wildman–Crippen MR) is 94.4 cm³/mol. The van der Waals surface area contributed by atoms with E-state index in [0.29, 0.717) is 5.56 Å². The molecule has 6 nitrogen and oxygen atoms in total. The van der Waals surface area contributed by atoms with Crippen LogP contribution < -0.4 is 0 Å². The zero-order chi connectivity index (χ0) is 19.5. The van der Waals surface area contributed by atoms with Gasteiger partial charge in [-0.1, -0.05) is 29.8 Å². The fraction of sp³-hybridized carbons (Fsp3) is 0.550. The maximum atomic E-state index is 12.7. The Bertz CT molecular complexity index is 676. The first-order valence-corrected chi connectivity index (χ1v) is 8.87. The molecule has 0 unspecified atom stereocenters. The third-order valence-corrected chi connectivity index (χ3v) is 4.81. The Kier molecular flexibility index (Phi) is 6.18. The number of carbonyl (C=O) groups is 3. The highest BCUT2D eigenvalue weighted by Gasteiger charge is 2.57. The Hall–Kier alpha value is -2.21. The minimum absolute atomic E-state index is 0.129. The summed E-state index contributed by atoms with van der Waals surface area (Å²) in [5, 5.41) is 10.8. The molecule has 0 aromatic heterocycles. The van der Waals surface area contributed by atoms with Crippen molar-refractivity contribution in [2.24, 2.45) is 11.8 Å². The van der Waals surface area contributed by atoms with Crippen LogP contribution in [0.4, 0.5) is 0 Å². The van der Waals surface area contributed by atoms with Crippen LogP contribution in [0, 0.1) is 18.8 Å². The largest absolute Gasteiger partial charge is 0.466 e. The molecule has 1 N–H and O–H groups in total. The van der Waals surface area contributed by atoms with Crippen molar-refractivity contribution < 1.29 is 29.0 Å². The van der Waals surface area contributed by atoms with Gasteiger partial charge in [-0.25, -0.2) is 0 Å². The van der Waals surface area contributed by atoms with E-state index in [-0.39, 0.29) is 19.6 Å². The highest BCUT2D eigenvalue weighted by Crippen LogP contribution is 2.46. The van der Waals surface area contributed by atoms with Gasteiger partial charge in [-0.2, -0.15) is 0 Å². The quantitative estimate of drug-likeness (QED) is 0.638. The number of aliphatic hydroxyl groups is 1. The molecule has 0 saturated heterocycles. The molecule has 1 aromatic rings. The second kappa shape index (κ2) is 7.99. The monoisotopic (exact) mass is 362 g/mol. The molecule has 142 valence electrons. The molecule has 26 heavy (non-hydrogen) atoms. The second-order valence-electron chi connectivity index (χ2n) is 6.90. The number of hydrogen-bond donors (Lipinski definition) is 1. The molecule has 1 aromatic carbocycles. The van der Waals surface area contributed by atoms with E-state index in [1.54, 1.807) is 26.0 Å². The van der Waals surface area contributed by atoms with Gasteiger partial charge in [0.1, 0.15) is 5.92 Å². The van der Waals surface area contributed by atoms with Crippen molar-refractivity contribution in [3.05, 3.63) is 35.4 Å². The van der Waals surface area contributed by atoms with Gasteiger partial charge in [-0.15, -0.1) is 0 Å². The first-order chi connectivity index (χ1) is 12.2. The topological polar surface area (TPSA) is 89.9 Å². The number of ether oxygens (including phenoxy) is 2. The molecule has 4 atom stereocenters. The number of aryl methyl sites for hydroxylation is 1. The molecule has 0 radical (unpaired) electrons. The van der Waals surface area contributed by atoms with E-state index >= 15 is 0 Å². The number of rotatable bonds is 5. The molecule has 0 aliphatic heterocycles.